The predicted molar refractivity (Wildman–Crippen MR) is 65.9 cm³/mol. The number of allylic oxidation sites excluding steroid dienone is 1. The Labute approximate surface area is 95.9 Å². The van der Waals surface area contributed by atoms with Crippen LogP contribution >= 0.6 is 11.6 Å². The number of rotatable bonds is 1. The van der Waals surface area contributed by atoms with Crippen LogP contribution < -0.4 is 5.73 Å². The summed E-state index contributed by atoms with van der Waals surface area (Å²) in [5.74, 6) is 0. The Morgan fingerprint density at radius 3 is 2.53 bits per heavy atom. The van der Waals surface area contributed by atoms with Gasteiger partial charge in [-0.2, -0.15) is 0 Å². The van der Waals surface area contributed by atoms with Gasteiger partial charge >= 0.3 is 0 Å². The van der Waals surface area contributed by atoms with Crippen LogP contribution in [0.15, 0.2) is 29.8 Å². The highest BCUT2D eigenvalue weighted by Crippen LogP contribution is 2.26. The molecule has 0 atom stereocenters. The van der Waals surface area contributed by atoms with Crippen molar-refractivity contribution < 1.29 is 0 Å². The van der Waals surface area contributed by atoms with E-state index in [1.54, 1.807) is 0 Å². The van der Waals surface area contributed by atoms with Gasteiger partial charge < -0.3 is 5.73 Å². The van der Waals surface area contributed by atoms with E-state index in [0.717, 1.165) is 36.3 Å². The highest BCUT2D eigenvalue weighted by Gasteiger charge is 2.12. The molecular formula is C13H16ClN. The van der Waals surface area contributed by atoms with Crippen molar-refractivity contribution in [1.82, 2.24) is 0 Å². The first-order valence-corrected chi connectivity index (χ1v) is 5.83. The molecule has 2 N–H and O–H groups in total. The average Bonchev–Trinajstić information content (AvgIpc) is 2.25. The van der Waals surface area contributed by atoms with Gasteiger partial charge in [0.1, 0.15) is 0 Å². The van der Waals surface area contributed by atoms with Gasteiger partial charge in [0.15, 0.2) is 0 Å². The van der Waals surface area contributed by atoms with E-state index >= 15 is 0 Å². The van der Waals surface area contributed by atoms with Crippen LogP contribution in [-0.2, 0) is 0 Å². The summed E-state index contributed by atoms with van der Waals surface area (Å²) in [5.41, 5.74) is 8.47. The van der Waals surface area contributed by atoms with Gasteiger partial charge in [0, 0.05) is 11.1 Å². The maximum absolute atomic E-state index is 6.10. The summed E-state index contributed by atoms with van der Waals surface area (Å²) >= 11 is 6.10. The van der Waals surface area contributed by atoms with Crippen molar-refractivity contribution in [2.45, 2.75) is 31.7 Å². The van der Waals surface area contributed by atoms with Crippen molar-refractivity contribution >= 4 is 17.7 Å². The first kappa shape index (κ1) is 10.7. The molecule has 1 fully saturated rings. The van der Waals surface area contributed by atoms with Crippen molar-refractivity contribution in [3.63, 3.8) is 0 Å². The van der Waals surface area contributed by atoms with Crippen LogP contribution in [0.5, 0.6) is 0 Å². The summed E-state index contributed by atoms with van der Waals surface area (Å²) in [7, 11) is 0. The zero-order chi connectivity index (χ0) is 10.7. The maximum Gasteiger partial charge on any atom is 0.0478 e. The molecule has 1 aliphatic rings. The monoisotopic (exact) mass is 221 g/mol. The number of benzene rings is 1. The predicted octanol–water partition coefficient (Wildman–Crippen LogP) is 3.62. The fourth-order valence-corrected chi connectivity index (χ4v) is 2.16. The average molecular weight is 222 g/mol. The molecule has 0 unspecified atom stereocenters. The van der Waals surface area contributed by atoms with Crippen LogP contribution in [0.2, 0.25) is 5.02 Å². The van der Waals surface area contributed by atoms with Gasteiger partial charge in [-0.1, -0.05) is 41.4 Å². The Balaban J connectivity index is 2.13. The molecule has 0 aliphatic heterocycles. The molecule has 1 aromatic carbocycles. The summed E-state index contributed by atoms with van der Waals surface area (Å²) in [6, 6.07) is 8.37. The van der Waals surface area contributed by atoms with Crippen molar-refractivity contribution in [1.29, 1.82) is 0 Å². The molecule has 80 valence electrons. The first-order valence-electron chi connectivity index (χ1n) is 5.45. The third kappa shape index (κ3) is 2.83. The summed E-state index contributed by atoms with van der Waals surface area (Å²) in [6.07, 6.45) is 6.67. The van der Waals surface area contributed by atoms with Crippen LogP contribution in [0.25, 0.3) is 6.08 Å². The quantitative estimate of drug-likeness (QED) is 0.770. The molecule has 0 heterocycles. The highest BCUT2D eigenvalue weighted by atomic mass is 35.5. The molecule has 2 rings (SSSR count). The van der Waals surface area contributed by atoms with E-state index in [0.29, 0.717) is 6.04 Å². The minimum atomic E-state index is 0.397. The van der Waals surface area contributed by atoms with E-state index in [1.807, 2.05) is 18.2 Å². The fraction of sp³-hybridized carbons (Fsp3) is 0.385. The van der Waals surface area contributed by atoms with Gasteiger partial charge in [0.25, 0.3) is 0 Å². The lowest BCUT2D eigenvalue weighted by Gasteiger charge is -2.20. The number of halogens is 1. The molecule has 1 aromatic rings. The molecular weight excluding hydrogens is 206 g/mol. The van der Waals surface area contributed by atoms with E-state index in [-0.39, 0.29) is 0 Å². The Hall–Kier alpha value is -0.790. The van der Waals surface area contributed by atoms with Crippen LogP contribution in [-0.4, -0.2) is 6.04 Å². The van der Waals surface area contributed by atoms with Gasteiger partial charge in [-0.05, 0) is 37.3 Å². The smallest absolute Gasteiger partial charge is 0.0478 e. The number of hydrogen-bond acceptors (Lipinski definition) is 1. The summed E-state index contributed by atoms with van der Waals surface area (Å²) in [6.45, 7) is 0. The molecule has 1 saturated carbocycles. The van der Waals surface area contributed by atoms with Gasteiger partial charge in [0.2, 0.25) is 0 Å². The lowest BCUT2D eigenvalue weighted by atomic mass is 9.90. The normalized spacial score (nSPS) is 21.5. The molecule has 2 heteroatoms. The maximum atomic E-state index is 6.10. The summed E-state index contributed by atoms with van der Waals surface area (Å²) in [5, 5.41) is 0.833. The summed E-state index contributed by atoms with van der Waals surface area (Å²) < 4.78 is 0. The second-order valence-corrected chi connectivity index (χ2v) is 4.57. The van der Waals surface area contributed by atoms with E-state index in [9.17, 15) is 0 Å². The Bertz CT molecular complexity index is 361. The van der Waals surface area contributed by atoms with Crippen LogP contribution in [0.4, 0.5) is 0 Å². The van der Waals surface area contributed by atoms with Crippen molar-refractivity contribution in [2.24, 2.45) is 5.73 Å². The van der Waals surface area contributed by atoms with Crippen molar-refractivity contribution in [3.8, 4) is 0 Å². The van der Waals surface area contributed by atoms with Crippen molar-refractivity contribution in [3.05, 3.63) is 40.4 Å². The lowest BCUT2D eigenvalue weighted by molar-refractivity contribution is 0.514. The topological polar surface area (TPSA) is 26.0 Å². The first-order chi connectivity index (χ1) is 7.25. The number of hydrogen-bond donors (Lipinski definition) is 1. The van der Waals surface area contributed by atoms with Gasteiger partial charge in [-0.15, -0.1) is 0 Å². The number of nitrogens with two attached hydrogens (primary N) is 1. The molecule has 1 nitrogen and oxygen atoms in total. The van der Waals surface area contributed by atoms with Crippen LogP contribution in [0.3, 0.4) is 0 Å². The minimum absolute atomic E-state index is 0.397. The Kier molecular flexibility index (Phi) is 3.45. The Morgan fingerprint density at radius 1 is 1.20 bits per heavy atom. The molecule has 0 amide bonds. The van der Waals surface area contributed by atoms with Crippen LogP contribution in [0.1, 0.15) is 31.2 Å². The van der Waals surface area contributed by atoms with E-state index < -0.39 is 0 Å². The second kappa shape index (κ2) is 4.82. The third-order valence-corrected chi connectivity index (χ3v) is 3.28. The van der Waals surface area contributed by atoms with Gasteiger partial charge in [-0.3, -0.25) is 0 Å². The van der Waals surface area contributed by atoms with Gasteiger partial charge in [0.05, 0.1) is 0 Å². The lowest BCUT2D eigenvalue weighted by Crippen LogP contribution is -2.23. The summed E-state index contributed by atoms with van der Waals surface area (Å²) in [4.78, 5) is 0. The molecule has 0 radical (unpaired) electrons. The minimum Gasteiger partial charge on any atom is -0.328 e. The highest BCUT2D eigenvalue weighted by molar-refractivity contribution is 6.32. The van der Waals surface area contributed by atoms with E-state index in [1.165, 1.54) is 5.57 Å². The largest absolute Gasteiger partial charge is 0.328 e. The van der Waals surface area contributed by atoms with Crippen LogP contribution in [0, 0.1) is 0 Å². The molecule has 0 saturated heterocycles. The Morgan fingerprint density at radius 2 is 1.87 bits per heavy atom. The zero-order valence-corrected chi connectivity index (χ0v) is 9.50. The molecule has 1 aliphatic carbocycles. The third-order valence-electron chi connectivity index (χ3n) is 2.94. The fourth-order valence-electron chi connectivity index (χ4n) is 1.97. The molecule has 0 bridgehead atoms. The standard InChI is InChI=1S/C13H16ClN/c14-13-4-2-1-3-11(13)9-10-5-7-12(15)8-6-10/h1-4,9,12H,5-8,15H2. The molecule has 15 heavy (non-hydrogen) atoms. The SMILES string of the molecule is NC1CCC(=Cc2ccccc2Cl)CC1. The zero-order valence-electron chi connectivity index (χ0n) is 8.75. The van der Waals surface area contributed by atoms with Crippen molar-refractivity contribution in [2.75, 3.05) is 0 Å². The second-order valence-electron chi connectivity index (χ2n) is 4.16. The van der Waals surface area contributed by atoms with Gasteiger partial charge in [-0.25, -0.2) is 0 Å². The molecule has 0 aromatic heterocycles. The van der Waals surface area contributed by atoms with E-state index in [2.05, 4.69) is 12.1 Å². The molecule has 0 spiro atoms. The van der Waals surface area contributed by atoms with E-state index in [4.69, 9.17) is 17.3 Å².